The van der Waals surface area contributed by atoms with Crippen molar-refractivity contribution in [3.05, 3.63) is 84.6 Å². The third kappa shape index (κ3) is 4.73. The summed E-state index contributed by atoms with van der Waals surface area (Å²) in [7, 11) is 0. The zero-order valence-electron chi connectivity index (χ0n) is 19.5. The van der Waals surface area contributed by atoms with E-state index >= 15 is 0 Å². The van der Waals surface area contributed by atoms with E-state index in [-0.39, 0.29) is 0 Å². The number of nitrogens with one attached hydrogen (secondary N) is 1. The minimum Gasteiger partial charge on any atom is -0.369 e. The number of nitrogens with zero attached hydrogens (tertiary/aromatic N) is 4. The Labute approximate surface area is 201 Å². The Hall–Kier alpha value is -3.88. The van der Waals surface area contributed by atoms with Crippen molar-refractivity contribution in [1.29, 1.82) is 5.26 Å². The van der Waals surface area contributed by atoms with Crippen molar-refractivity contribution in [1.82, 2.24) is 9.88 Å². The third-order valence-electron chi connectivity index (χ3n) is 6.51. The van der Waals surface area contributed by atoms with E-state index in [4.69, 9.17) is 5.26 Å². The van der Waals surface area contributed by atoms with E-state index in [1.54, 1.807) is 0 Å². The highest BCUT2D eigenvalue weighted by Crippen LogP contribution is 2.30. The first-order valence-corrected chi connectivity index (χ1v) is 12.0. The molecule has 1 aromatic heterocycles. The molecule has 5 heteroatoms. The summed E-state index contributed by atoms with van der Waals surface area (Å²) in [5, 5.41) is 13.7. The summed E-state index contributed by atoms with van der Waals surface area (Å²) in [4.78, 5) is 9.57. The number of benzene rings is 3. The molecule has 170 valence electrons. The van der Waals surface area contributed by atoms with Gasteiger partial charge in [0, 0.05) is 54.8 Å². The van der Waals surface area contributed by atoms with Crippen molar-refractivity contribution in [2.75, 3.05) is 42.9 Å². The Kier molecular flexibility index (Phi) is 6.42. The summed E-state index contributed by atoms with van der Waals surface area (Å²) in [6.45, 7) is 7.89. The van der Waals surface area contributed by atoms with Gasteiger partial charge in [-0.15, -0.1) is 0 Å². The second-order valence-electron chi connectivity index (χ2n) is 8.78. The van der Waals surface area contributed by atoms with E-state index in [1.807, 2.05) is 36.5 Å². The lowest BCUT2D eigenvalue weighted by Crippen LogP contribution is -2.46. The van der Waals surface area contributed by atoms with Crippen LogP contribution in [0.3, 0.4) is 0 Å². The molecule has 0 bridgehead atoms. The first kappa shape index (κ1) is 21.9. The smallest absolute Gasteiger partial charge is 0.0991 e. The van der Waals surface area contributed by atoms with Gasteiger partial charge in [0.2, 0.25) is 0 Å². The highest BCUT2D eigenvalue weighted by Gasteiger charge is 2.16. The van der Waals surface area contributed by atoms with Gasteiger partial charge in [-0.2, -0.15) is 5.26 Å². The number of pyridine rings is 1. The van der Waals surface area contributed by atoms with E-state index in [0.717, 1.165) is 59.6 Å². The van der Waals surface area contributed by atoms with Gasteiger partial charge in [-0.1, -0.05) is 25.1 Å². The van der Waals surface area contributed by atoms with Crippen molar-refractivity contribution in [3.63, 3.8) is 0 Å². The van der Waals surface area contributed by atoms with Crippen LogP contribution in [-0.4, -0.2) is 42.6 Å². The molecule has 1 aliphatic heterocycles. The molecule has 1 aliphatic rings. The number of hydrogen-bond acceptors (Lipinski definition) is 5. The zero-order chi connectivity index (χ0) is 23.3. The zero-order valence-corrected chi connectivity index (χ0v) is 19.5. The van der Waals surface area contributed by atoms with Crippen LogP contribution >= 0.6 is 0 Å². The Morgan fingerprint density at radius 1 is 0.882 bits per heavy atom. The molecule has 0 radical (unpaired) electrons. The average Bonchev–Trinajstić information content (AvgIpc) is 2.90. The molecule has 0 aliphatic carbocycles. The molecule has 5 nitrogen and oxygen atoms in total. The Morgan fingerprint density at radius 3 is 2.32 bits per heavy atom. The van der Waals surface area contributed by atoms with E-state index < -0.39 is 0 Å². The van der Waals surface area contributed by atoms with E-state index in [9.17, 15) is 0 Å². The monoisotopic (exact) mass is 447 g/mol. The van der Waals surface area contributed by atoms with Gasteiger partial charge in [-0.25, -0.2) is 0 Å². The molecule has 0 unspecified atom stereocenters. The quantitative estimate of drug-likeness (QED) is 0.390. The number of anilines is 3. The predicted molar refractivity (Wildman–Crippen MR) is 141 cm³/mol. The van der Waals surface area contributed by atoms with Crippen molar-refractivity contribution in [2.24, 2.45) is 0 Å². The van der Waals surface area contributed by atoms with Crippen LogP contribution in [0.15, 0.2) is 79.0 Å². The highest BCUT2D eigenvalue weighted by atomic mass is 15.3. The molecule has 4 aromatic rings. The summed E-state index contributed by atoms with van der Waals surface area (Å²) in [5.74, 6) is 0. The minimum absolute atomic E-state index is 0.667. The number of fused-ring (bicyclic) bond motifs is 1. The van der Waals surface area contributed by atoms with Gasteiger partial charge in [0.25, 0.3) is 0 Å². The molecule has 1 N–H and O–H groups in total. The van der Waals surface area contributed by atoms with Crippen LogP contribution in [0.4, 0.5) is 17.1 Å². The molecular weight excluding hydrogens is 418 g/mol. The summed E-state index contributed by atoms with van der Waals surface area (Å²) >= 11 is 0. The number of rotatable bonds is 6. The van der Waals surface area contributed by atoms with Crippen molar-refractivity contribution in [3.8, 4) is 17.2 Å². The minimum atomic E-state index is 0.667. The van der Waals surface area contributed by atoms with Crippen LogP contribution in [0.2, 0.25) is 0 Å². The Bertz CT molecular complexity index is 1300. The van der Waals surface area contributed by atoms with Crippen LogP contribution in [-0.2, 0) is 0 Å². The maximum Gasteiger partial charge on any atom is 0.0991 e. The molecule has 0 atom stereocenters. The molecule has 5 rings (SSSR count). The molecule has 0 amide bonds. The van der Waals surface area contributed by atoms with E-state index in [1.165, 1.54) is 18.7 Å². The first-order valence-electron chi connectivity index (χ1n) is 12.0. The summed E-state index contributed by atoms with van der Waals surface area (Å²) < 4.78 is 0. The maximum absolute atomic E-state index is 9.07. The van der Waals surface area contributed by atoms with Gasteiger partial charge < -0.3 is 10.2 Å². The van der Waals surface area contributed by atoms with Crippen LogP contribution in [0, 0.1) is 11.3 Å². The molecule has 2 heterocycles. The average molecular weight is 448 g/mol. The Morgan fingerprint density at radius 2 is 1.62 bits per heavy atom. The standard InChI is InChI=1S/C29H29N5/c1-2-15-33-16-18-34(19-17-33)26-10-8-25(9-11-26)32-29-13-14-31-28-12-7-24(20-27(28)29)23-5-3-22(21-30)4-6-23/h3-14,20H,2,15-19H2,1H3,(H,31,32). The fraction of sp³-hybridized carbons (Fsp3) is 0.241. The van der Waals surface area contributed by atoms with Gasteiger partial charge in [-0.05, 0) is 78.7 Å². The SMILES string of the molecule is CCCN1CCN(c2ccc(Nc3ccnc4ccc(-c5ccc(C#N)cc5)cc34)cc2)CC1. The van der Waals surface area contributed by atoms with Gasteiger partial charge in [0.15, 0.2) is 0 Å². The molecule has 3 aromatic carbocycles. The van der Waals surface area contributed by atoms with Crippen LogP contribution < -0.4 is 10.2 Å². The van der Waals surface area contributed by atoms with Crippen molar-refractivity contribution < 1.29 is 0 Å². The fourth-order valence-corrected chi connectivity index (χ4v) is 4.63. The largest absolute Gasteiger partial charge is 0.369 e. The van der Waals surface area contributed by atoms with Gasteiger partial charge >= 0.3 is 0 Å². The van der Waals surface area contributed by atoms with Gasteiger partial charge in [0.05, 0.1) is 17.1 Å². The maximum atomic E-state index is 9.07. The predicted octanol–water partition coefficient (Wildman–Crippen LogP) is 6.05. The number of piperazine rings is 1. The van der Waals surface area contributed by atoms with E-state index in [0.29, 0.717) is 5.56 Å². The molecule has 0 spiro atoms. The number of nitriles is 1. The molecule has 34 heavy (non-hydrogen) atoms. The second-order valence-corrected chi connectivity index (χ2v) is 8.78. The molecule has 1 fully saturated rings. The fourth-order valence-electron chi connectivity index (χ4n) is 4.63. The van der Waals surface area contributed by atoms with Crippen molar-refractivity contribution >= 4 is 28.0 Å². The number of aromatic nitrogens is 1. The molecular formula is C29H29N5. The van der Waals surface area contributed by atoms with Crippen LogP contribution in [0.5, 0.6) is 0 Å². The second kappa shape index (κ2) is 9.94. The highest BCUT2D eigenvalue weighted by molar-refractivity contribution is 5.95. The third-order valence-corrected chi connectivity index (χ3v) is 6.51. The lowest BCUT2D eigenvalue weighted by molar-refractivity contribution is 0.258. The summed E-state index contributed by atoms with van der Waals surface area (Å²) in [6, 6.07) is 26.9. The number of hydrogen-bond donors (Lipinski definition) is 1. The topological polar surface area (TPSA) is 55.2 Å². The molecule has 1 saturated heterocycles. The first-order chi connectivity index (χ1) is 16.7. The lowest BCUT2D eigenvalue weighted by atomic mass is 10.0. The van der Waals surface area contributed by atoms with E-state index in [2.05, 4.69) is 75.6 Å². The van der Waals surface area contributed by atoms with Crippen molar-refractivity contribution in [2.45, 2.75) is 13.3 Å². The summed E-state index contributed by atoms with van der Waals surface area (Å²) in [6.07, 6.45) is 3.06. The normalized spacial score (nSPS) is 14.2. The van der Waals surface area contributed by atoms with Gasteiger partial charge in [0.1, 0.15) is 0 Å². The molecule has 0 saturated carbocycles. The van der Waals surface area contributed by atoms with Crippen LogP contribution in [0.25, 0.3) is 22.0 Å². The van der Waals surface area contributed by atoms with Gasteiger partial charge in [-0.3, -0.25) is 9.88 Å². The Balaban J connectivity index is 1.34. The lowest BCUT2D eigenvalue weighted by Gasteiger charge is -2.36. The summed E-state index contributed by atoms with van der Waals surface area (Å²) in [5.41, 5.74) is 7.17. The van der Waals surface area contributed by atoms with Crippen LogP contribution in [0.1, 0.15) is 18.9 Å².